The molecule has 1 unspecified atom stereocenters. The van der Waals surface area contributed by atoms with Crippen LogP contribution in [-0.2, 0) is 0 Å². The molecule has 0 aliphatic carbocycles. The molecule has 1 aliphatic rings. The average molecular weight is 203 g/mol. The van der Waals surface area contributed by atoms with Gasteiger partial charge in [0, 0.05) is 21.2 Å². The molecule has 0 amide bonds. The number of anilines is 1. The van der Waals surface area contributed by atoms with E-state index in [1.165, 1.54) is 11.8 Å². The standard InChI is InChI=1S/C8H5N5S/c9-4-8-11-6-2-1-5(12-13-10)3-7(6)14-8/h1-3,8,11H. The smallest absolute Gasteiger partial charge is 0.166 e. The van der Waals surface area contributed by atoms with Gasteiger partial charge in [-0.15, -0.1) is 0 Å². The molecule has 2 rings (SSSR count). The van der Waals surface area contributed by atoms with Gasteiger partial charge in [-0.25, -0.2) is 0 Å². The molecule has 0 radical (unpaired) electrons. The lowest BCUT2D eigenvalue weighted by Crippen LogP contribution is -2.05. The van der Waals surface area contributed by atoms with Crippen LogP contribution in [0.15, 0.2) is 28.2 Å². The molecule has 0 aromatic heterocycles. The van der Waals surface area contributed by atoms with Crippen LogP contribution >= 0.6 is 11.8 Å². The first-order valence-corrected chi connectivity index (χ1v) is 4.73. The number of hydrogen-bond acceptors (Lipinski definition) is 4. The first-order chi connectivity index (χ1) is 6.83. The third-order valence-corrected chi connectivity index (χ3v) is 2.82. The van der Waals surface area contributed by atoms with Gasteiger partial charge in [0.25, 0.3) is 0 Å². The molecule has 14 heavy (non-hydrogen) atoms. The number of benzene rings is 1. The Bertz CT molecular complexity index is 457. The molecule has 1 aromatic carbocycles. The lowest BCUT2D eigenvalue weighted by Gasteiger charge is -1.98. The number of rotatable bonds is 1. The second kappa shape index (κ2) is 3.50. The van der Waals surface area contributed by atoms with Crippen molar-refractivity contribution < 1.29 is 0 Å². The maximum absolute atomic E-state index is 8.70. The summed E-state index contributed by atoms with van der Waals surface area (Å²) in [4.78, 5) is 3.65. The number of nitrogens with zero attached hydrogens (tertiary/aromatic N) is 4. The van der Waals surface area contributed by atoms with Crippen LogP contribution in [0.5, 0.6) is 0 Å². The van der Waals surface area contributed by atoms with Gasteiger partial charge in [0.1, 0.15) is 0 Å². The summed E-state index contributed by atoms with van der Waals surface area (Å²) in [5.74, 6) is 0. The Morgan fingerprint density at radius 3 is 3.21 bits per heavy atom. The molecule has 0 bridgehead atoms. The van der Waals surface area contributed by atoms with Crippen LogP contribution in [0, 0.1) is 11.3 Å². The monoisotopic (exact) mass is 203 g/mol. The van der Waals surface area contributed by atoms with Gasteiger partial charge in [-0.1, -0.05) is 22.9 Å². The fourth-order valence-electron chi connectivity index (χ4n) is 1.20. The average Bonchev–Trinajstić information content (AvgIpc) is 2.60. The summed E-state index contributed by atoms with van der Waals surface area (Å²) < 4.78 is 0. The Morgan fingerprint density at radius 1 is 1.64 bits per heavy atom. The molecule has 1 aromatic rings. The normalized spacial score (nSPS) is 17.5. The van der Waals surface area contributed by atoms with E-state index in [-0.39, 0.29) is 5.37 Å². The number of nitriles is 1. The number of azide groups is 1. The van der Waals surface area contributed by atoms with Gasteiger partial charge in [-0.2, -0.15) is 5.26 Å². The van der Waals surface area contributed by atoms with Gasteiger partial charge in [-0.05, 0) is 17.7 Å². The van der Waals surface area contributed by atoms with Crippen molar-refractivity contribution in [3.8, 4) is 6.07 Å². The second-order valence-electron chi connectivity index (χ2n) is 2.64. The molecule has 6 heteroatoms. The summed E-state index contributed by atoms with van der Waals surface area (Å²) in [6.45, 7) is 0. The Balaban J connectivity index is 2.36. The minimum absolute atomic E-state index is 0.244. The van der Waals surface area contributed by atoms with E-state index < -0.39 is 0 Å². The number of hydrogen-bond donors (Lipinski definition) is 1. The van der Waals surface area contributed by atoms with E-state index >= 15 is 0 Å². The summed E-state index contributed by atoms with van der Waals surface area (Å²) in [7, 11) is 0. The van der Waals surface area contributed by atoms with Gasteiger partial charge >= 0.3 is 0 Å². The van der Waals surface area contributed by atoms with Gasteiger partial charge in [0.15, 0.2) is 5.37 Å². The molecule has 0 saturated carbocycles. The Morgan fingerprint density at radius 2 is 2.50 bits per heavy atom. The van der Waals surface area contributed by atoms with Crippen molar-refractivity contribution in [3.63, 3.8) is 0 Å². The predicted octanol–water partition coefficient (Wildman–Crippen LogP) is 3.00. The van der Waals surface area contributed by atoms with Crippen LogP contribution in [0.1, 0.15) is 0 Å². The van der Waals surface area contributed by atoms with E-state index in [1.807, 2.05) is 6.07 Å². The van der Waals surface area contributed by atoms with Gasteiger partial charge in [0.2, 0.25) is 0 Å². The highest BCUT2D eigenvalue weighted by Crippen LogP contribution is 2.40. The van der Waals surface area contributed by atoms with Crippen molar-refractivity contribution in [3.05, 3.63) is 28.6 Å². The lowest BCUT2D eigenvalue weighted by atomic mass is 10.3. The molecule has 1 heterocycles. The van der Waals surface area contributed by atoms with Crippen LogP contribution < -0.4 is 5.32 Å². The van der Waals surface area contributed by atoms with Crippen molar-refractivity contribution in [2.75, 3.05) is 5.32 Å². The summed E-state index contributed by atoms with van der Waals surface area (Å²) in [6.07, 6.45) is 0. The zero-order valence-electron chi connectivity index (χ0n) is 7.01. The molecule has 0 saturated heterocycles. The maximum atomic E-state index is 8.70. The van der Waals surface area contributed by atoms with Crippen LogP contribution in [-0.4, -0.2) is 5.37 Å². The van der Waals surface area contributed by atoms with Crippen LogP contribution in [0.4, 0.5) is 11.4 Å². The quantitative estimate of drug-likeness (QED) is 0.432. The highest BCUT2D eigenvalue weighted by Gasteiger charge is 2.20. The van der Waals surface area contributed by atoms with Crippen molar-refractivity contribution in [2.24, 2.45) is 5.11 Å². The minimum atomic E-state index is -0.244. The van der Waals surface area contributed by atoms with E-state index in [2.05, 4.69) is 21.4 Å². The third-order valence-electron chi connectivity index (χ3n) is 1.77. The molecule has 1 aliphatic heterocycles. The fourth-order valence-corrected chi connectivity index (χ4v) is 2.13. The number of thioether (sulfide) groups is 1. The Hall–Kier alpha value is -1.83. The van der Waals surface area contributed by atoms with Crippen LogP contribution in [0.2, 0.25) is 0 Å². The largest absolute Gasteiger partial charge is 0.360 e. The highest BCUT2D eigenvalue weighted by atomic mass is 32.2. The third kappa shape index (κ3) is 1.46. The van der Waals surface area contributed by atoms with Crippen molar-refractivity contribution in [1.82, 2.24) is 0 Å². The van der Waals surface area contributed by atoms with Crippen molar-refractivity contribution in [2.45, 2.75) is 10.3 Å². The highest BCUT2D eigenvalue weighted by molar-refractivity contribution is 8.00. The number of fused-ring (bicyclic) bond motifs is 1. The Labute approximate surface area is 84.4 Å². The van der Waals surface area contributed by atoms with Gasteiger partial charge in [-0.3, -0.25) is 0 Å². The van der Waals surface area contributed by atoms with E-state index in [0.717, 1.165) is 10.6 Å². The van der Waals surface area contributed by atoms with Gasteiger partial charge < -0.3 is 5.32 Å². The number of nitrogens with one attached hydrogen (secondary N) is 1. The lowest BCUT2D eigenvalue weighted by molar-refractivity contribution is 1.26. The second-order valence-corrected chi connectivity index (χ2v) is 3.79. The van der Waals surface area contributed by atoms with E-state index in [1.54, 1.807) is 12.1 Å². The first-order valence-electron chi connectivity index (χ1n) is 3.85. The predicted molar refractivity (Wildman–Crippen MR) is 54.1 cm³/mol. The van der Waals surface area contributed by atoms with Crippen LogP contribution in [0.3, 0.4) is 0 Å². The molecule has 1 N–H and O–H groups in total. The van der Waals surface area contributed by atoms with Crippen molar-refractivity contribution >= 4 is 23.1 Å². The summed E-state index contributed by atoms with van der Waals surface area (Å²) >= 11 is 1.42. The minimum Gasteiger partial charge on any atom is -0.360 e. The molecule has 1 atom stereocenters. The molecule has 5 nitrogen and oxygen atoms in total. The maximum Gasteiger partial charge on any atom is 0.166 e. The first kappa shape index (κ1) is 8.75. The van der Waals surface area contributed by atoms with Crippen molar-refractivity contribution in [1.29, 1.82) is 5.26 Å². The summed E-state index contributed by atoms with van der Waals surface area (Å²) in [6, 6.07) is 7.40. The molecular weight excluding hydrogens is 198 g/mol. The van der Waals surface area contributed by atoms with Gasteiger partial charge in [0.05, 0.1) is 6.07 Å². The SMILES string of the molecule is N#CC1Nc2ccc(N=[N+]=[N-])cc2S1. The van der Waals surface area contributed by atoms with Crippen LogP contribution in [0.25, 0.3) is 10.4 Å². The van der Waals surface area contributed by atoms with E-state index in [9.17, 15) is 0 Å². The molecule has 68 valence electrons. The zero-order chi connectivity index (χ0) is 9.97. The molecule has 0 fully saturated rings. The summed E-state index contributed by atoms with van der Waals surface area (Å²) in [5.41, 5.74) is 9.73. The van der Waals surface area contributed by atoms with E-state index in [4.69, 9.17) is 10.8 Å². The topological polar surface area (TPSA) is 84.6 Å². The molecular formula is C8H5N5S. The van der Waals surface area contributed by atoms with E-state index in [0.29, 0.717) is 5.69 Å². The fraction of sp³-hybridized carbons (Fsp3) is 0.125. The zero-order valence-corrected chi connectivity index (χ0v) is 7.82. The summed E-state index contributed by atoms with van der Waals surface area (Å²) in [5, 5.41) is 15.0. The molecule has 0 spiro atoms. The Kier molecular flexibility index (Phi) is 2.19.